The molecule has 0 aromatic carbocycles. The largest absolute Gasteiger partial charge is 0.515 e. The van der Waals surface area contributed by atoms with Crippen LogP contribution in [0.3, 0.4) is 0 Å². The van der Waals surface area contributed by atoms with Crippen LogP contribution in [0.1, 0.15) is 12.8 Å². The number of halogens is 1. The van der Waals surface area contributed by atoms with Crippen molar-refractivity contribution in [3.63, 3.8) is 0 Å². The van der Waals surface area contributed by atoms with Crippen molar-refractivity contribution in [1.29, 1.82) is 0 Å². The number of carboxylic acid groups (broad SMARTS) is 1. The third kappa shape index (κ3) is 3.35. The van der Waals surface area contributed by atoms with Gasteiger partial charge in [-0.1, -0.05) is 0 Å². The average Bonchev–Trinajstić information content (AvgIpc) is 1.89. The van der Waals surface area contributed by atoms with Crippen molar-refractivity contribution in [2.45, 2.75) is 12.8 Å². The molecule has 2 N–H and O–H groups in total. The number of carbonyl (C=O) groups is 1. The molecule has 0 aliphatic heterocycles. The fourth-order valence-corrected chi connectivity index (χ4v) is 0.618. The van der Waals surface area contributed by atoms with Crippen molar-refractivity contribution in [3.8, 4) is 0 Å². The molecule has 0 amide bonds. The van der Waals surface area contributed by atoms with Crippen molar-refractivity contribution in [2.24, 2.45) is 0 Å². The van der Waals surface area contributed by atoms with E-state index in [2.05, 4.69) is 0 Å². The topological polar surface area (TPSA) is 57.5 Å². The summed E-state index contributed by atoms with van der Waals surface area (Å²) in [4.78, 5) is 10.2. The van der Waals surface area contributed by atoms with Crippen LogP contribution in [0.2, 0.25) is 0 Å². The maximum Gasteiger partial charge on any atom is 0.334 e. The van der Waals surface area contributed by atoms with Gasteiger partial charge in [-0.05, 0) is 12.8 Å². The van der Waals surface area contributed by atoms with Gasteiger partial charge in [0.25, 0.3) is 0 Å². The van der Waals surface area contributed by atoms with Crippen molar-refractivity contribution < 1.29 is 15.0 Å². The van der Waals surface area contributed by atoms with Crippen molar-refractivity contribution >= 4 is 17.6 Å². The second kappa shape index (κ2) is 5.11. The van der Waals surface area contributed by atoms with Gasteiger partial charge in [-0.25, -0.2) is 4.79 Å². The Morgan fingerprint density at radius 2 is 2.20 bits per heavy atom. The number of hydrogen-bond donors (Lipinski definition) is 2. The van der Waals surface area contributed by atoms with E-state index < -0.39 is 5.97 Å². The second-order valence-electron chi connectivity index (χ2n) is 1.75. The molecule has 0 rings (SSSR count). The predicted octanol–water partition coefficient (Wildman–Crippen LogP) is 1.53. The molecule has 3 nitrogen and oxygen atoms in total. The lowest BCUT2D eigenvalue weighted by Crippen LogP contribution is -2.00. The molecule has 0 spiro atoms. The first-order valence-electron chi connectivity index (χ1n) is 2.85. The Labute approximate surface area is 63.9 Å². The van der Waals surface area contributed by atoms with E-state index in [1.807, 2.05) is 0 Å². The van der Waals surface area contributed by atoms with Crippen molar-refractivity contribution in [3.05, 3.63) is 11.8 Å². The Bertz CT molecular complexity index is 142. The molecule has 0 atom stereocenters. The predicted molar refractivity (Wildman–Crippen MR) is 38.3 cm³/mol. The summed E-state index contributed by atoms with van der Waals surface area (Å²) in [5.74, 6) is -0.683. The van der Waals surface area contributed by atoms with E-state index in [0.717, 1.165) is 0 Å². The van der Waals surface area contributed by atoms with Crippen LogP contribution in [0.5, 0.6) is 0 Å². The highest BCUT2D eigenvalue weighted by atomic mass is 35.5. The van der Waals surface area contributed by atoms with Gasteiger partial charge >= 0.3 is 5.97 Å². The summed E-state index contributed by atoms with van der Waals surface area (Å²) in [6.07, 6.45) is 1.49. The molecule has 10 heavy (non-hydrogen) atoms. The van der Waals surface area contributed by atoms with Gasteiger partial charge in [-0.3, -0.25) is 0 Å². The highest BCUT2D eigenvalue weighted by molar-refractivity contribution is 6.17. The first-order valence-corrected chi connectivity index (χ1v) is 3.38. The maximum absolute atomic E-state index is 10.2. The minimum absolute atomic E-state index is 0.000602. The Kier molecular flexibility index (Phi) is 4.76. The highest BCUT2D eigenvalue weighted by Gasteiger charge is 2.05. The molecule has 0 aliphatic carbocycles. The molecule has 0 unspecified atom stereocenters. The number of aliphatic carboxylic acids is 1. The number of hydrogen-bond acceptors (Lipinski definition) is 2. The average molecular weight is 165 g/mol. The van der Waals surface area contributed by atoms with E-state index in [1.54, 1.807) is 0 Å². The zero-order valence-corrected chi connectivity index (χ0v) is 6.14. The smallest absolute Gasteiger partial charge is 0.334 e. The number of aliphatic hydroxyl groups excluding tert-OH is 1. The van der Waals surface area contributed by atoms with E-state index in [0.29, 0.717) is 25.0 Å². The number of aliphatic hydroxyl groups is 1. The maximum atomic E-state index is 10.2. The molecule has 0 aromatic heterocycles. The Balaban J connectivity index is 3.74. The number of carboxylic acids is 1. The van der Waals surface area contributed by atoms with Gasteiger partial charge in [0.1, 0.15) is 0 Å². The normalized spacial score (nSPS) is 11.5. The Morgan fingerprint density at radius 1 is 1.60 bits per heavy atom. The first-order chi connectivity index (χ1) is 4.72. The Hall–Kier alpha value is -0.700. The van der Waals surface area contributed by atoms with Crippen molar-refractivity contribution in [1.82, 2.24) is 0 Å². The minimum atomic E-state index is -1.09. The lowest BCUT2D eigenvalue weighted by Gasteiger charge is -1.95. The van der Waals surface area contributed by atoms with Crippen LogP contribution in [0.25, 0.3) is 0 Å². The molecule has 0 saturated carbocycles. The number of rotatable bonds is 4. The van der Waals surface area contributed by atoms with Crippen molar-refractivity contribution in [2.75, 3.05) is 5.88 Å². The highest BCUT2D eigenvalue weighted by Crippen LogP contribution is 2.04. The first kappa shape index (κ1) is 9.30. The summed E-state index contributed by atoms with van der Waals surface area (Å²) in [7, 11) is 0. The van der Waals surface area contributed by atoms with Gasteiger partial charge in [0.2, 0.25) is 0 Å². The SMILES string of the molecule is O=C(O)C(=CO)CCCCl. The van der Waals surface area contributed by atoms with E-state index in [1.165, 1.54) is 0 Å². The molecule has 0 aliphatic rings. The van der Waals surface area contributed by atoms with E-state index in [9.17, 15) is 4.79 Å². The summed E-state index contributed by atoms with van der Waals surface area (Å²) >= 11 is 5.31. The van der Waals surface area contributed by atoms with Gasteiger partial charge in [-0.2, -0.15) is 0 Å². The second-order valence-corrected chi connectivity index (χ2v) is 2.13. The van der Waals surface area contributed by atoms with Crippen LogP contribution < -0.4 is 0 Å². The standard InChI is InChI=1S/C6H9ClO3/c7-3-1-2-5(4-8)6(9)10/h4,8H,1-3H2,(H,9,10). The van der Waals surface area contributed by atoms with Crippen LogP contribution in [-0.2, 0) is 4.79 Å². The summed E-state index contributed by atoms with van der Waals surface area (Å²) in [6.45, 7) is 0. The minimum Gasteiger partial charge on any atom is -0.515 e. The molecular weight excluding hydrogens is 156 g/mol. The zero-order valence-electron chi connectivity index (χ0n) is 5.38. The van der Waals surface area contributed by atoms with Crippen LogP contribution in [0.15, 0.2) is 11.8 Å². The molecular formula is C6H9ClO3. The Morgan fingerprint density at radius 3 is 2.50 bits per heavy atom. The summed E-state index contributed by atoms with van der Waals surface area (Å²) in [5, 5.41) is 16.7. The fourth-order valence-electron chi connectivity index (χ4n) is 0.484. The van der Waals surface area contributed by atoms with Gasteiger partial charge < -0.3 is 10.2 Å². The van der Waals surface area contributed by atoms with Crippen LogP contribution in [0.4, 0.5) is 0 Å². The van der Waals surface area contributed by atoms with E-state index >= 15 is 0 Å². The van der Waals surface area contributed by atoms with Gasteiger partial charge in [0.15, 0.2) is 0 Å². The van der Waals surface area contributed by atoms with Gasteiger partial charge in [0, 0.05) is 5.88 Å². The van der Waals surface area contributed by atoms with E-state index in [-0.39, 0.29) is 5.57 Å². The summed E-state index contributed by atoms with van der Waals surface area (Å²) in [6, 6.07) is 0. The monoisotopic (exact) mass is 164 g/mol. The third-order valence-electron chi connectivity index (χ3n) is 1.01. The lowest BCUT2D eigenvalue weighted by atomic mass is 10.2. The quantitative estimate of drug-likeness (QED) is 0.376. The number of alkyl halides is 1. The van der Waals surface area contributed by atoms with Gasteiger partial charge in [0.05, 0.1) is 11.8 Å². The van der Waals surface area contributed by atoms with E-state index in [4.69, 9.17) is 21.8 Å². The molecule has 0 aromatic rings. The molecule has 0 fully saturated rings. The molecule has 58 valence electrons. The third-order valence-corrected chi connectivity index (χ3v) is 1.28. The van der Waals surface area contributed by atoms with Gasteiger partial charge in [-0.15, -0.1) is 11.6 Å². The lowest BCUT2D eigenvalue weighted by molar-refractivity contribution is -0.132. The molecule has 0 bridgehead atoms. The summed E-state index contributed by atoms with van der Waals surface area (Å²) < 4.78 is 0. The van der Waals surface area contributed by atoms with Crippen LogP contribution in [-0.4, -0.2) is 22.1 Å². The molecule has 0 heterocycles. The molecule has 4 heteroatoms. The zero-order chi connectivity index (χ0) is 7.98. The molecule has 0 radical (unpaired) electrons. The summed E-state index contributed by atoms with van der Waals surface area (Å²) in [5.41, 5.74) is 0.000602. The fraction of sp³-hybridized carbons (Fsp3) is 0.500. The van der Waals surface area contributed by atoms with Crippen LogP contribution in [0, 0.1) is 0 Å². The molecule has 0 saturated heterocycles. The van der Waals surface area contributed by atoms with Crippen LogP contribution >= 0.6 is 11.6 Å².